The molecule has 2 heterocycles. The van der Waals surface area contributed by atoms with Crippen molar-refractivity contribution in [3.63, 3.8) is 0 Å². The molecule has 1 amide bonds. The van der Waals surface area contributed by atoms with Crippen molar-refractivity contribution < 1.29 is 19.2 Å². The van der Waals surface area contributed by atoms with Gasteiger partial charge in [0, 0.05) is 19.0 Å². The Bertz CT molecular complexity index is 671. The standard InChI is InChI=1S/C17H20N2O4/c1-13-3-2-4-14(9-13)10-17(12-20)11-19(7-8-22-17)16(21)15-5-6-18-23-15/h2-6,9,20H,7-8,10-12H2,1H3/t17-/m0/s1. The zero-order valence-electron chi connectivity index (χ0n) is 13.1. The Morgan fingerprint density at radius 3 is 3.00 bits per heavy atom. The molecular formula is C17H20N2O4. The summed E-state index contributed by atoms with van der Waals surface area (Å²) in [4.78, 5) is 14.1. The number of aliphatic hydroxyl groups excluding tert-OH is 1. The Hall–Kier alpha value is -2.18. The molecule has 0 radical (unpaired) electrons. The molecule has 1 fully saturated rings. The molecule has 1 aromatic carbocycles. The molecule has 0 saturated carbocycles. The van der Waals surface area contributed by atoms with Gasteiger partial charge in [0.25, 0.3) is 5.91 Å². The SMILES string of the molecule is Cc1cccc(C[C@@]2(CO)CN(C(=O)c3ccno3)CCO2)c1. The van der Waals surface area contributed by atoms with Crippen LogP contribution in [0, 0.1) is 6.92 Å². The molecule has 0 aliphatic carbocycles. The molecule has 0 unspecified atom stereocenters. The summed E-state index contributed by atoms with van der Waals surface area (Å²) in [5.41, 5.74) is 1.44. The fraction of sp³-hybridized carbons (Fsp3) is 0.412. The van der Waals surface area contributed by atoms with Crippen molar-refractivity contribution in [3.8, 4) is 0 Å². The molecule has 1 aromatic heterocycles. The van der Waals surface area contributed by atoms with Crippen LogP contribution in [-0.2, 0) is 11.2 Å². The normalized spacial score (nSPS) is 21.4. The number of aryl methyl sites for hydroxylation is 1. The van der Waals surface area contributed by atoms with E-state index < -0.39 is 5.60 Å². The van der Waals surface area contributed by atoms with E-state index in [2.05, 4.69) is 11.2 Å². The van der Waals surface area contributed by atoms with Crippen molar-refractivity contribution in [2.45, 2.75) is 18.9 Å². The van der Waals surface area contributed by atoms with E-state index in [1.807, 2.05) is 25.1 Å². The Balaban J connectivity index is 1.77. The second kappa shape index (κ2) is 6.52. The maximum Gasteiger partial charge on any atom is 0.292 e. The molecule has 1 aliphatic heterocycles. The van der Waals surface area contributed by atoms with Gasteiger partial charge in [0.2, 0.25) is 5.76 Å². The number of carbonyl (C=O) groups is 1. The molecule has 3 rings (SSSR count). The second-order valence-corrected chi connectivity index (χ2v) is 5.96. The third-order valence-electron chi connectivity index (χ3n) is 4.08. The van der Waals surface area contributed by atoms with Gasteiger partial charge in [0.15, 0.2) is 0 Å². The van der Waals surface area contributed by atoms with E-state index in [-0.39, 0.29) is 18.3 Å². The molecule has 1 N–H and O–H groups in total. The average molecular weight is 316 g/mol. The van der Waals surface area contributed by atoms with E-state index in [9.17, 15) is 9.90 Å². The van der Waals surface area contributed by atoms with E-state index in [4.69, 9.17) is 9.26 Å². The number of hydrogen-bond donors (Lipinski definition) is 1. The lowest BCUT2D eigenvalue weighted by Crippen LogP contribution is -2.56. The minimum Gasteiger partial charge on any atom is -0.393 e. The largest absolute Gasteiger partial charge is 0.393 e. The molecule has 2 aromatic rings. The summed E-state index contributed by atoms with van der Waals surface area (Å²) in [5, 5.41) is 13.5. The summed E-state index contributed by atoms with van der Waals surface area (Å²) in [6.45, 7) is 3.04. The molecule has 122 valence electrons. The van der Waals surface area contributed by atoms with Crippen LogP contribution >= 0.6 is 0 Å². The van der Waals surface area contributed by atoms with Gasteiger partial charge in [0.05, 0.1) is 26.0 Å². The number of benzene rings is 1. The summed E-state index contributed by atoms with van der Waals surface area (Å²) in [5.74, 6) is -0.0258. The van der Waals surface area contributed by atoms with Crippen LogP contribution < -0.4 is 0 Å². The third kappa shape index (κ3) is 3.43. The van der Waals surface area contributed by atoms with Crippen LogP contribution in [0.25, 0.3) is 0 Å². The zero-order chi connectivity index (χ0) is 16.3. The lowest BCUT2D eigenvalue weighted by Gasteiger charge is -2.41. The van der Waals surface area contributed by atoms with Gasteiger partial charge in [-0.25, -0.2) is 0 Å². The molecule has 6 heteroatoms. The lowest BCUT2D eigenvalue weighted by atomic mass is 9.92. The monoisotopic (exact) mass is 316 g/mol. The lowest BCUT2D eigenvalue weighted by molar-refractivity contribution is -0.124. The number of amides is 1. The molecule has 1 aliphatic rings. The topological polar surface area (TPSA) is 75.8 Å². The van der Waals surface area contributed by atoms with Crippen molar-refractivity contribution in [3.05, 3.63) is 53.4 Å². The number of rotatable bonds is 4. The van der Waals surface area contributed by atoms with Gasteiger partial charge in [0.1, 0.15) is 5.60 Å². The summed E-state index contributed by atoms with van der Waals surface area (Å²) in [6, 6.07) is 9.62. The molecule has 1 atom stereocenters. The van der Waals surface area contributed by atoms with Crippen LogP contribution in [0.5, 0.6) is 0 Å². The van der Waals surface area contributed by atoms with Crippen LogP contribution in [0.15, 0.2) is 41.1 Å². The van der Waals surface area contributed by atoms with Crippen LogP contribution in [0.2, 0.25) is 0 Å². The van der Waals surface area contributed by atoms with E-state index in [1.54, 1.807) is 11.0 Å². The van der Waals surface area contributed by atoms with Gasteiger partial charge in [-0.15, -0.1) is 0 Å². The molecule has 0 spiro atoms. The van der Waals surface area contributed by atoms with Crippen molar-refractivity contribution in [2.24, 2.45) is 0 Å². The third-order valence-corrected chi connectivity index (χ3v) is 4.08. The summed E-state index contributed by atoms with van der Waals surface area (Å²) in [6.07, 6.45) is 1.99. The van der Waals surface area contributed by atoms with E-state index in [0.29, 0.717) is 26.1 Å². The fourth-order valence-corrected chi connectivity index (χ4v) is 2.95. The Kier molecular flexibility index (Phi) is 4.45. The van der Waals surface area contributed by atoms with Gasteiger partial charge < -0.3 is 19.3 Å². The Morgan fingerprint density at radius 2 is 2.30 bits per heavy atom. The quantitative estimate of drug-likeness (QED) is 0.923. The summed E-state index contributed by atoms with van der Waals surface area (Å²) in [7, 11) is 0. The highest BCUT2D eigenvalue weighted by atomic mass is 16.5. The van der Waals surface area contributed by atoms with Crippen molar-refractivity contribution in [2.75, 3.05) is 26.3 Å². The number of carbonyl (C=O) groups excluding carboxylic acids is 1. The molecule has 6 nitrogen and oxygen atoms in total. The number of nitrogens with zero attached hydrogens (tertiary/aromatic N) is 2. The minimum absolute atomic E-state index is 0.152. The first kappa shape index (κ1) is 15.7. The van der Waals surface area contributed by atoms with E-state index >= 15 is 0 Å². The van der Waals surface area contributed by atoms with Crippen molar-refractivity contribution >= 4 is 5.91 Å². The average Bonchev–Trinajstić information content (AvgIpc) is 3.09. The van der Waals surface area contributed by atoms with Gasteiger partial charge in [-0.2, -0.15) is 0 Å². The molecule has 23 heavy (non-hydrogen) atoms. The van der Waals surface area contributed by atoms with E-state index in [0.717, 1.165) is 11.1 Å². The summed E-state index contributed by atoms with van der Waals surface area (Å²) >= 11 is 0. The van der Waals surface area contributed by atoms with Crippen LogP contribution in [-0.4, -0.2) is 53.0 Å². The zero-order valence-corrected chi connectivity index (χ0v) is 13.1. The van der Waals surface area contributed by atoms with Gasteiger partial charge in [-0.05, 0) is 12.5 Å². The van der Waals surface area contributed by atoms with Gasteiger partial charge >= 0.3 is 0 Å². The first-order valence-electron chi connectivity index (χ1n) is 7.62. The maximum atomic E-state index is 12.4. The van der Waals surface area contributed by atoms with Crippen molar-refractivity contribution in [1.29, 1.82) is 0 Å². The number of aromatic nitrogens is 1. The Morgan fingerprint density at radius 1 is 1.43 bits per heavy atom. The number of ether oxygens (including phenoxy) is 1. The highest BCUT2D eigenvalue weighted by molar-refractivity contribution is 5.91. The van der Waals surface area contributed by atoms with Crippen LogP contribution in [0.4, 0.5) is 0 Å². The van der Waals surface area contributed by atoms with Crippen LogP contribution in [0.1, 0.15) is 21.7 Å². The van der Waals surface area contributed by atoms with Crippen LogP contribution in [0.3, 0.4) is 0 Å². The first-order valence-corrected chi connectivity index (χ1v) is 7.62. The number of aliphatic hydroxyl groups is 1. The van der Waals surface area contributed by atoms with Gasteiger partial charge in [-0.1, -0.05) is 35.0 Å². The molecular weight excluding hydrogens is 296 g/mol. The predicted octanol–water partition coefficient (Wildman–Crippen LogP) is 1.43. The molecule has 0 bridgehead atoms. The predicted molar refractivity (Wildman–Crippen MR) is 83.1 cm³/mol. The second-order valence-electron chi connectivity index (χ2n) is 5.96. The first-order chi connectivity index (χ1) is 11.1. The fourth-order valence-electron chi connectivity index (χ4n) is 2.95. The molecule has 1 saturated heterocycles. The Labute approximate surface area is 134 Å². The maximum absolute atomic E-state index is 12.4. The number of hydrogen-bond acceptors (Lipinski definition) is 5. The van der Waals surface area contributed by atoms with E-state index in [1.165, 1.54) is 6.20 Å². The smallest absolute Gasteiger partial charge is 0.292 e. The summed E-state index contributed by atoms with van der Waals surface area (Å²) < 4.78 is 10.8. The highest BCUT2D eigenvalue weighted by Crippen LogP contribution is 2.24. The van der Waals surface area contributed by atoms with Gasteiger partial charge in [-0.3, -0.25) is 4.79 Å². The van der Waals surface area contributed by atoms with Crippen molar-refractivity contribution in [1.82, 2.24) is 10.1 Å². The highest BCUT2D eigenvalue weighted by Gasteiger charge is 2.39. The number of morpholine rings is 1. The minimum atomic E-state index is -0.790.